The summed E-state index contributed by atoms with van der Waals surface area (Å²) in [4.78, 5) is 17.4. The summed E-state index contributed by atoms with van der Waals surface area (Å²) >= 11 is 1.92. The van der Waals surface area contributed by atoms with E-state index in [1.54, 1.807) is 12.1 Å². The van der Waals surface area contributed by atoms with E-state index >= 15 is 0 Å². The first-order chi connectivity index (χ1) is 13.7. The lowest BCUT2D eigenvalue weighted by molar-refractivity contribution is 0.252. The van der Waals surface area contributed by atoms with E-state index in [0.717, 1.165) is 57.5 Å². The zero-order valence-electron chi connectivity index (χ0n) is 16.0. The highest BCUT2D eigenvalue weighted by Gasteiger charge is 2.28. The van der Waals surface area contributed by atoms with Gasteiger partial charge < -0.3 is 10.0 Å². The van der Waals surface area contributed by atoms with Gasteiger partial charge in [-0.25, -0.2) is 0 Å². The molecule has 1 N–H and O–H groups in total. The Hall–Kier alpha value is -2.05. The Balaban J connectivity index is 1.22. The van der Waals surface area contributed by atoms with Crippen molar-refractivity contribution in [2.24, 2.45) is 5.18 Å². The van der Waals surface area contributed by atoms with Crippen LogP contribution in [-0.4, -0.2) is 48.0 Å². The van der Waals surface area contributed by atoms with Crippen molar-refractivity contribution < 1.29 is 5.11 Å². The topological polar surface area (TPSA) is 56.1 Å². The Morgan fingerprint density at radius 2 is 1.79 bits per heavy atom. The van der Waals surface area contributed by atoms with Gasteiger partial charge in [0.25, 0.3) is 0 Å². The molecule has 6 heteroatoms. The van der Waals surface area contributed by atoms with Crippen molar-refractivity contribution in [3.63, 3.8) is 0 Å². The van der Waals surface area contributed by atoms with Crippen LogP contribution in [0.1, 0.15) is 30.9 Å². The molecule has 148 valence electrons. The smallest absolute Gasteiger partial charge is 0.119 e. The van der Waals surface area contributed by atoms with Crippen LogP contribution < -0.4 is 4.90 Å². The third-order valence-electron chi connectivity index (χ3n) is 5.77. The van der Waals surface area contributed by atoms with Crippen LogP contribution in [-0.2, 0) is 0 Å². The van der Waals surface area contributed by atoms with Crippen LogP contribution in [0.2, 0.25) is 0 Å². The number of thioether (sulfide) groups is 1. The second-order valence-electron chi connectivity index (χ2n) is 7.62. The number of phenolic OH excluding ortho intramolecular Hbond substituents is 1. The number of rotatable bonds is 6. The Bertz CT molecular complexity index is 791. The van der Waals surface area contributed by atoms with Crippen molar-refractivity contribution in [2.45, 2.75) is 35.4 Å². The monoisotopic (exact) mass is 397 g/mol. The molecule has 28 heavy (non-hydrogen) atoms. The number of fused-ring (bicyclic) bond motifs is 1. The minimum Gasteiger partial charge on any atom is -0.508 e. The predicted molar refractivity (Wildman–Crippen MR) is 115 cm³/mol. The average molecular weight is 398 g/mol. The van der Waals surface area contributed by atoms with Crippen molar-refractivity contribution in [2.75, 3.05) is 37.6 Å². The molecule has 1 fully saturated rings. The molecule has 0 aromatic heterocycles. The van der Waals surface area contributed by atoms with E-state index in [1.165, 1.54) is 10.6 Å². The molecule has 2 aromatic carbocycles. The molecule has 5 nitrogen and oxygen atoms in total. The van der Waals surface area contributed by atoms with Crippen LogP contribution in [0.4, 0.5) is 5.69 Å². The van der Waals surface area contributed by atoms with Gasteiger partial charge in [-0.15, -0.1) is 11.8 Å². The molecule has 2 aliphatic rings. The normalized spacial score (nSPS) is 22.6. The van der Waals surface area contributed by atoms with Gasteiger partial charge in [0.15, 0.2) is 0 Å². The molecule has 2 atom stereocenters. The molecule has 0 bridgehead atoms. The molecular weight excluding hydrogens is 370 g/mol. The average Bonchev–Trinajstić information content (AvgIpc) is 2.74. The maximum Gasteiger partial charge on any atom is 0.119 e. The lowest BCUT2D eigenvalue weighted by atomic mass is 10.00. The fourth-order valence-electron chi connectivity index (χ4n) is 4.18. The van der Waals surface area contributed by atoms with Gasteiger partial charge in [-0.05, 0) is 61.7 Å². The molecule has 0 amide bonds. The van der Waals surface area contributed by atoms with Crippen LogP contribution in [0, 0.1) is 4.91 Å². The van der Waals surface area contributed by atoms with E-state index in [2.05, 4.69) is 21.0 Å². The molecule has 2 unspecified atom stereocenters. The second kappa shape index (κ2) is 8.97. The van der Waals surface area contributed by atoms with Gasteiger partial charge in [0.2, 0.25) is 0 Å². The largest absolute Gasteiger partial charge is 0.508 e. The fraction of sp³-hybridized carbons (Fsp3) is 0.455. The van der Waals surface area contributed by atoms with Gasteiger partial charge in [-0.2, -0.15) is 4.91 Å². The van der Waals surface area contributed by atoms with E-state index < -0.39 is 0 Å². The molecule has 2 aromatic rings. The van der Waals surface area contributed by atoms with E-state index in [-0.39, 0.29) is 6.04 Å². The highest BCUT2D eigenvalue weighted by Crippen LogP contribution is 2.43. The summed E-state index contributed by atoms with van der Waals surface area (Å²) in [5, 5.41) is 13.3. The summed E-state index contributed by atoms with van der Waals surface area (Å²) in [6, 6.07) is 15.5. The number of hydrogen-bond acceptors (Lipinski definition) is 6. The molecule has 0 saturated carbocycles. The van der Waals surface area contributed by atoms with E-state index in [1.807, 2.05) is 42.1 Å². The third-order valence-corrected chi connectivity index (χ3v) is 7.16. The van der Waals surface area contributed by atoms with Crippen LogP contribution in [0.15, 0.2) is 58.6 Å². The Kier molecular flexibility index (Phi) is 6.17. The number of piperazine rings is 1. The van der Waals surface area contributed by atoms with Crippen molar-refractivity contribution >= 4 is 17.4 Å². The fourth-order valence-corrected chi connectivity index (χ4v) is 5.60. The molecule has 0 aliphatic carbocycles. The molecular formula is C22H27N3O2S. The third kappa shape index (κ3) is 4.50. The summed E-state index contributed by atoms with van der Waals surface area (Å²) in [6.45, 7) is 5.29. The summed E-state index contributed by atoms with van der Waals surface area (Å²) in [5.74, 6) is 0.317. The zero-order valence-corrected chi connectivity index (χ0v) is 16.9. The predicted octanol–water partition coefficient (Wildman–Crippen LogP) is 4.67. The quantitative estimate of drug-likeness (QED) is 0.718. The number of phenols is 1. The van der Waals surface area contributed by atoms with Crippen molar-refractivity contribution in [1.29, 1.82) is 0 Å². The van der Waals surface area contributed by atoms with Crippen molar-refractivity contribution in [1.82, 2.24) is 4.90 Å². The molecule has 0 spiro atoms. The van der Waals surface area contributed by atoms with Gasteiger partial charge >= 0.3 is 0 Å². The number of aromatic hydroxyl groups is 1. The van der Waals surface area contributed by atoms with Gasteiger partial charge in [0.05, 0.1) is 0 Å². The first kappa shape index (κ1) is 19.3. The summed E-state index contributed by atoms with van der Waals surface area (Å²) in [5.41, 5.74) is 2.28. The zero-order chi connectivity index (χ0) is 19.3. The lowest BCUT2D eigenvalue weighted by Gasteiger charge is -2.36. The highest BCUT2D eigenvalue weighted by molar-refractivity contribution is 8.00. The maximum absolute atomic E-state index is 11.3. The first-order valence-corrected chi connectivity index (χ1v) is 11.0. The maximum atomic E-state index is 11.3. The minimum absolute atomic E-state index is 0.184. The van der Waals surface area contributed by atoms with E-state index in [9.17, 15) is 10.0 Å². The standard InChI is InChI=1S/C22H27N3O2S/c26-18-9-7-17(8-10-18)25-14-12-24(13-15-25)11-3-4-19-16-21(23-27)20-5-1-2-6-22(20)28-19/h1-2,5-10,19,21,26H,3-4,11-16H2. The van der Waals surface area contributed by atoms with Crippen molar-refractivity contribution in [3.05, 3.63) is 59.0 Å². The summed E-state index contributed by atoms with van der Waals surface area (Å²) < 4.78 is 0. The molecule has 2 heterocycles. The molecule has 2 aliphatic heterocycles. The number of benzene rings is 2. The van der Waals surface area contributed by atoms with Gasteiger partial charge in [0.1, 0.15) is 11.8 Å². The Morgan fingerprint density at radius 3 is 2.54 bits per heavy atom. The Labute approximate surface area is 170 Å². The number of nitroso groups, excluding NO2 is 1. The summed E-state index contributed by atoms with van der Waals surface area (Å²) in [6.07, 6.45) is 3.15. The van der Waals surface area contributed by atoms with Gasteiger partial charge in [0, 0.05) is 42.0 Å². The minimum atomic E-state index is -0.184. The SMILES string of the molecule is O=NC1CC(CCCN2CCN(c3ccc(O)cc3)CC2)Sc2ccccc21. The van der Waals surface area contributed by atoms with Gasteiger partial charge in [-0.1, -0.05) is 23.4 Å². The molecule has 0 radical (unpaired) electrons. The number of anilines is 1. The van der Waals surface area contributed by atoms with Crippen molar-refractivity contribution in [3.8, 4) is 5.75 Å². The number of hydrogen-bond donors (Lipinski definition) is 1. The van der Waals surface area contributed by atoms with Gasteiger partial charge in [-0.3, -0.25) is 4.90 Å². The number of nitrogens with zero attached hydrogens (tertiary/aromatic N) is 3. The van der Waals surface area contributed by atoms with E-state index in [4.69, 9.17) is 0 Å². The lowest BCUT2D eigenvalue weighted by Crippen LogP contribution is -2.46. The molecule has 4 rings (SSSR count). The Morgan fingerprint density at radius 1 is 1.04 bits per heavy atom. The summed E-state index contributed by atoms with van der Waals surface area (Å²) in [7, 11) is 0. The van der Waals surface area contributed by atoms with E-state index in [0.29, 0.717) is 11.0 Å². The van der Waals surface area contributed by atoms with Crippen LogP contribution in [0.3, 0.4) is 0 Å². The highest BCUT2D eigenvalue weighted by atomic mass is 32.2. The van der Waals surface area contributed by atoms with Crippen LogP contribution >= 0.6 is 11.8 Å². The first-order valence-electron chi connectivity index (χ1n) is 10.1. The molecule has 1 saturated heterocycles. The second-order valence-corrected chi connectivity index (χ2v) is 8.96. The van der Waals surface area contributed by atoms with Crippen LogP contribution in [0.5, 0.6) is 5.75 Å². The van der Waals surface area contributed by atoms with Crippen LogP contribution in [0.25, 0.3) is 0 Å².